The predicted molar refractivity (Wildman–Crippen MR) is 62.0 cm³/mol. The first-order valence-electron chi connectivity index (χ1n) is 5.15. The molecule has 0 atom stereocenters. The van der Waals surface area contributed by atoms with E-state index in [2.05, 4.69) is 33.2 Å². The number of nitrogens with one attached hydrogen (secondary N) is 1. The van der Waals surface area contributed by atoms with Crippen LogP contribution in [0.4, 0.5) is 5.95 Å². The molecule has 16 heavy (non-hydrogen) atoms. The average molecular weight is 216 g/mol. The number of aromatic nitrogens is 4. The first-order chi connectivity index (χ1) is 7.86. The number of nitrogens with two attached hydrogens (primary N) is 1. The molecule has 2 heterocycles. The van der Waals surface area contributed by atoms with Crippen LogP contribution in [0.5, 0.6) is 0 Å². The van der Waals surface area contributed by atoms with Crippen molar-refractivity contribution in [1.82, 2.24) is 19.2 Å². The maximum absolute atomic E-state index is 5.42. The van der Waals surface area contributed by atoms with Crippen molar-refractivity contribution in [3.05, 3.63) is 24.3 Å². The number of hydrogen-bond acceptors (Lipinski definition) is 4. The number of imidazole rings is 1. The van der Waals surface area contributed by atoms with Crippen molar-refractivity contribution in [3.8, 4) is 0 Å². The van der Waals surface area contributed by atoms with Crippen LogP contribution in [0.25, 0.3) is 16.8 Å². The number of fused-ring (bicyclic) bond motifs is 3. The summed E-state index contributed by atoms with van der Waals surface area (Å²) in [4.78, 5) is 0. The fourth-order valence-electron chi connectivity index (χ4n) is 2.07. The molecule has 0 aliphatic heterocycles. The molecular weight excluding hydrogens is 204 g/mol. The molecule has 2 aromatic heterocycles. The number of rotatable bonds is 2. The van der Waals surface area contributed by atoms with Crippen LogP contribution in [0.2, 0.25) is 0 Å². The zero-order chi connectivity index (χ0) is 11.1. The molecule has 0 saturated carbocycles. The molecular formula is C10H12N6. The van der Waals surface area contributed by atoms with Crippen LogP contribution >= 0.6 is 0 Å². The Morgan fingerprint density at radius 1 is 1.25 bits per heavy atom. The van der Waals surface area contributed by atoms with Gasteiger partial charge >= 0.3 is 0 Å². The highest BCUT2D eigenvalue weighted by Crippen LogP contribution is 2.22. The third-order valence-electron chi connectivity index (χ3n) is 2.75. The largest absolute Gasteiger partial charge is 0.308 e. The van der Waals surface area contributed by atoms with Gasteiger partial charge in [-0.3, -0.25) is 5.43 Å². The Morgan fingerprint density at radius 3 is 2.69 bits per heavy atom. The van der Waals surface area contributed by atoms with E-state index in [1.54, 1.807) is 0 Å². The van der Waals surface area contributed by atoms with Gasteiger partial charge in [0.15, 0.2) is 0 Å². The number of hydrazine groups is 1. The third kappa shape index (κ3) is 0.989. The maximum Gasteiger partial charge on any atom is 0.245 e. The van der Waals surface area contributed by atoms with Gasteiger partial charge in [0.2, 0.25) is 11.7 Å². The number of para-hydroxylation sites is 2. The molecule has 0 saturated heterocycles. The average Bonchev–Trinajstić information content (AvgIpc) is 2.86. The van der Waals surface area contributed by atoms with Crippen LogP contribution in [0.3, 0.4) is 0 Å². The molecule has 0 spiro atoms. The first kappa shape index (κ1) is 9.17. The second-order valence-corrected chi connectivity index (χ2v) is 3.54. The van der Waals surface area contributed by atoms with E-state index in [4.69, 9.17) is 5.84 Å². The number of nitrogen functional groups attached to an aromatic ring is 1. The summed E-state index contributed by atoms with van der Waals surface area (Å²) in [6.07, 6.45) is 0. The molecule has 0 unspecified atom stereocenters. The molecule has 0 bridgehead atoms. The van der Waals surface area contributed by atoms with E-state index in [1.807, 2.05) is 22.6 Å². The lowest BCUT2D eigenvalue weighted by atomic mass is 10.3. The van der Waals surface area contributed by atoms with Crippen molar-refractivity contribution in [2.75, 3.05) is 5.43 Å². The summed E-state index contributed by atoms with van der Waals surface area (Å²) in [5.41, 5.74) is 4.74. The molecule has 3 rings (SSSR count). The molecule has 0 aliphatic rings. The van der Waals surface area contributed by atoms with Gasteiger partial charge in [0.05, 0.1) is 11.0 Å². The van der Waals surface area contributed by atoms with Crippen LogP contribution < -0.4 is 11.3 Å². The monoisotopic (exact) mass is 216 g/mol. The summed E-state index contributed by atoms with van der Waals surface area (Å²) in [6, 6.07) is 8.09. The normalized spacial score (nSPS) is 11.4. The molecule has 0 aliphatic carbocycles. The van der Waals surface area contributed by atoms with E-state index in [9.17, 15) is 0 Å². The summed E-state index contributed by atoms with van der Waals surface area (Å²) in [7, 11) is 0. The Hall–Kier alpha value is -2.08. The highest BCUT2D eigenvalue weighted by Gasteiger charge is 2.14. The van der Waals surface area contributed by atoms with Gasteiger partial charge in [-0.2, -0.15) is 0 Å². The molecule has 1 aromatic carbocycles. The Morgan fingerprint density at radius 2 is 2.00 bits per heavy atom. The molecule has 6 heteroatoms. The lowest BCUT2D eigenvalue weighted by molar-refractivity contribution is 0.803. The fraction of sp³-hybridized carbons (Fsp3) is 0.200. The Bertz CT molecular complexity index is 650. The third-order valence-corrected chi connectivity index (χ3v) is 2.75. The number of nitrogens with zero attached hydrogens (tertiary/aromatic N) is 4. The minimum atomic E-state index is 0.554. The van der Waals surface area contributed by atoms with Crippen molar-refractivity contribution in [3.63, 3.8) is 0 Å². The van der Waals surface area contributed by atoms with Crippen LogP contribution in [-0.2, 0) is 6.54 Å². The van der Waals surface area contributed by atoms with Crippen molar-refractivity contribution >= 4 is 22.8 Å². The molecule has 82 valence electrons. The van der Waals surface area contributed by atoms with E-state index >= 15 is 0 Å². The molecule has 3 N–H and O–H groups in total. The number of aryl methyl sites for hydroxylation is 1. The second kappa shape index (κ2) is 3.21. The van der Waals surface area contributed by atoms with Gasteiger partial charge in [0.1, 0.15) is 0 Å². The van der Waals surface area contributed by atoms with Gasteiger partial charge in [-0.1, -0.05) is 12.1 Å². The van der Waals surface area contributed by atoms with Gasteiger partial charge in [-0.05, 0) is 19.1 Å². The van der Waals surface area contributed by atoms with Crippen LogP contribution in [0.1, 0.15) is 6.92 Å². The summed E-state index contributed by atoms with van der Waals surface area (Å²) in [5.74, 6) is 6.78. The molecule has 0 amide bonds. The predicted octanol–water partition coefficient (Wildman–Crippen LogP) is 0.989. The highest BCUT2D eigenvalue weighted by molar-refractivity contribution is 5.82. The molecule has 0 radical (unpaired) electrons. The van der Waals surface area contributed by atoms with E-state index in [0.717, 1.165) is 23.4 Å². The number of benzene rings is 1. The molecule has 6 nitrogen and oxygen atoms in total. The zero-order valence-electron chi connectivity index (χ0n) is 8.88. The molecule has 0 fully saturated rings. The number of anilines is 1. The van der Waals surface area contributed by atoms with E-state index in [1.165, 1.54) is 0 Å². The van der Waals surface area contributed by atoms with Crippen LogP contribution in [0, 0.1) is 0 Å². The minimum absolute atomic E-state index is 0.554. The smallest absolute Gasteiger partial charge is 0.245 e. The van der Waals surface area contributed by atoms with Crippen molar-refractivity contribution in [1.29, 1.82) is 0 Å². The maximum atomic E-state index is 5.42. The highest BCUT2D eigenvalue weighted by atomic mass is 15.4. The first-order valence-corrected chi connectivity index (χ1v) is 5.15. The summed E-state index contributed by atoms with van der Waals surface area (Å²) < 4.78 is 4.02. The van der Waals surface area contributed by atoms with Crippen molar-refractivity contribution in [2.45, 2.75) is 13.5 Å². The Labute approximate surface area is 91.6 Å². The summed E-state index contributed by atoms with van der Waals surface area (Å²) in [6.45, 7) is 2.93. The molecule has 3 aromatic rings. The van der Waals surface area contributed by atoms with Gasteiger partial charge in [0, 0.05) is 6.54 Å². The lowest BCUT2D eigenvalue weighted by Gasteiger charge is -1.97. The van der Waals surface area contributed by atoms with E-state index < -0.39 is 0 Å². The quantitative estimate of drug-likeness (QED) is 0.495. The van der Waals surface area contributed by atoms with Crippen molar-refractivity contribution < 1.29 is 0 Å². The van der Waals surface area contributed by atoms with Crippen LogP contribution in [-0.4, -0.2) is 19.2 Å². The SMILES string of the molecule is CCn1c2ccccc2n2c(NN)nnc12. The lowest BCUT2D eigenvalue weighted by Crippen LogP contribution is -2.09. The van der Waals surface area contributed by atoms with E-state index in [-0.39, 0.29) is 0 Å². The van der Waals surface area contributed by atoms with Gasteiger partial charge in [-0.15, -0.1) is 10.2 Å². The number of hydrogen-bond donors (Lipinski definition) is 2. The fourth-order valence-corrected chi connectivity index (χ4v) is 2.07. The van der Waals surface area contributed by atoms with E-state index in [0.29, 0.717) is 5.95 Å². The Kier molecular flexibility index (Phi) is 1.84. The Balaban J connectivity index is 2.55. The van der Waals surface area contributed by atoms with Crippen LogP contribution in [0.15, 0.2) is 24.3 Å². The zero-order valence-corrected chi connectivity index (χ0v) is 8.88. The van der Waals surface area contributed by atoms with Gasteiger partial charge < -0.3 is 4.57 Å². The van der Waals surface area contributed by atoms with Gasteiger partial charge in [0.25, 0.3) is 0 Å². The standard InChI is InChI=1S/C10H12N6/c1-2-15-7-5-3-4-6-8(7)16-9(12-11)13-14-10(15)16/h3-6H,2,11H2,1H3,(H,12,13). The van der Waals surface area contributed by atoms with Gasteiger partial charge in [-0.25, -0.2) is 10.2 Å². The second-order valence-electron chi connectivity index (χ2n) is 3.54. The topological polar surface area (TPSA) is 73.2 Å². The van der Waals surface area contributed by atoms with Crippen molar-refractivity contribution in [2.24, 2.45) is 5.84 Å². The summed E-state index contributed by atoms with van der Waals surface area (Å²) >= 11 is 0. The minimum Gasteiger partial charge on any atom is -0.308 e. The summed E-state index contributed by atoms with van der Waals surface area (Å²) in [5, 5.41) is 8.12.